The molecule has 2 amide bonds. The molecule has 2 aromatic rings. The van der Waals surface area contributed by atoms with E-state index in [1.165, 1.54) is 24.1 Å². The van der Waals surface area contributed by atoms with Crippen LogP contribution in [0.25, 0.3) is 0 Å². The number of amidine groups is 1. The maximum atomic E-state index is 14.2. The molecule has 6 nitrogen and oxygen atoms in total. The quantitative estimate of drug-likeness (QED) is 0.507. The summed E-state index contributed by atoms with van der Waals surface area (Å²) in [4.78, 5) is 22.5. The average Bonchev–Trinajstić information content (AvgIpc) is 3.44. The van der Waals surface area contributed by atoms with Crippen molar-refractivity contribution in [1.29, 1.82) is 0 Å². The number of carbonyl (C=O) groups excluding carboxylic acids is 1. The minimum absolute atomic E-state index is 0. The van der Waals surface area contributed by atoms with Crippen LogP contribution in [-0.2, 0) is 6.54 Å². The van der Waals surface area contributed by atoms with Gasteiger partial charge in [0.05, 0.1) is 6.04 Å². The molecule has 2 aromatic carbocycles. The van der Waals surface area contributed by atoms with Crippen LogP contribution in [0.5, 0.6) is 5.75 Å². The Kier molecular flexibility index (Phi) is 7.20. The van der Waals surface area contributed by atoms with Crippen LogP contribution >= 0.6 is 12.4 Å². The first-order chi connectivity index (χ1) is 17.4. The molecule has 1 N–H and O–H groups in total. The normalized spacial score (nSPS) is 30.7. The van der Waals surface area contributed by atoms with Gasteiger partial charge in [0.2, 0.25) is 0 Å². The van der Waals surface area contributed by atoms with Crippen LogP contribution in [0.4, 0.5) is 14.9 Å². The van der Waals surface area contributed by atoms with Crippen molar-refractivity contribution in [2.24, 2.45) is 10.9 Å². The third-order valence-electron chi connectivity index (χ3n) is 8.43. The highest BCUT2D eigenvalue weighted by Crippen LogP contribution is 2.41. The first-order valence-electron chi connectivity index (χ1n) is 13.4. The number of likely N-dealkylation sites (tertiary alicyclic amines) is 1. The molecule has 0 radical (unpaired) electrons. The molecular formula is C29H36ClFN4O2. The Hall–Kier alpha value is -2.64. The van der Waals surface area contributed by atoms with Gasteiger partial charge in [-0.25, -0.2) is 9.18 Å². The molecule has 4 atom stereocenters. The van der Waals surface area contributed by atoms with E-state index >= 15 is 0 Å². The first kappa shape index (κ1) is 26.0. The van der Waals surface area contributed by atoms with Gasteiger partial charge in [-0.15, -0.1) is 12.4 Å². The van der Waals surface area contributed by atoms with Crippen molar-refractivity contribution < 1.29 is 13.9 Å². The number of nitrogens with zero attached hydrogens (tertiary/aromatic N) is 3. The smallest absolute Gasteiger partial charge is 0.328 e. The average molecular weight is 527 g/mol. The maximum absolute atomic E-state index is 14.2. The van der Waals surface area contributed by atoms with Gasteiger partial charge >= 0.3 is 6.03 Å². The molecule has 2 unspecified atom stereocenters. The zero-order chi connectivity index (χ0) is 24.9. The van der Waals surface area contributed by atoms with Crippen LogP contribution in [0.15, 0.2) is 53.5 Å². The van der Waals surface area contributed by atoms with Crippen molar-refractivity contribution in [3.05, 3.63) is 59.9 Å². The minimum atomic E-state index is -0.580. The Morgan fingerprint density at radius 2 is 1.95 bits per heavy atom. The molecule has 2 aliphatic carbocycles. The number of halogens is 2. The molecule has 0 bridgehead atoms. The molecule has 1 spiro atoms. The Labute approximate surface area is 224 Å². The van der Waals surface area contributed by atoms with E-state index < -0.39 is 5.54 Å². The fourth-order valence-electron chi connectivity index (χ4n) is 5.90. The molecule has 2 heterocycles. The summed E-state index contributed by atoms with van der Waals surface area (Å²) in [6.45, 7) is 6.08. The predicted octanol–water partition coefficient (Wildman–Crippen LogP) is 5.94. The van der Waals surface area contributed by atoms with E-state index in [9.17, 15) is 9.18 Å². The topological polar surface area (TPSA) is 57.2 Å². The van der Waals surface area contributed by atoms with Crippen molar-refractivity contribution in [2.75, 3.05) is 11.4 Å². The Morgan fingerprint density at radius 3 is 2.62 bits per heavy atom. The molecule has 37 heavy (non-hydrogen) atoms. The summed E-state index contributed by atoms with van der Waals surface area (Å²) in [5.74, 6) is 2.02. The van der Waals surface area contributed by atoms with Gasteiger partial charge in [0.1, 0.15) is 29.0 Å². The summed E-state index contributed by atoms with van der Waals surface area (Å²) in [7, 11) is 0. The molecule has 4 aliphatic rings. The second-order valence-electron chi connectivity index (χ2n) is 11.1. The molecule has 0 aromatic heterocycles. The third-order valence-corrected chi connectivity index (χ3v) is 8.43. The van der Waals surface area contributed by atoms with Crippen LogP contribution < -0.4 is 15.0 Å². The molecular weight excluding hydrogens is 491 g/mol. The zero-order valence-corrected chi connectivity index (χ0v) is 22.3. The van der Waals surface area contributed by atoms with Gasteiger partial charge in [-0.05, 0) is 87.3 Å². The van der Waals surface area contributed by atoms with E-state index in [4.69, 9.17) is 9.73 Å². The van der Waals surface area contributed by atoms with Crippen LogP contribution in [0.2, 0.25) is 0 Å². The van der Waals surface area contributed by atoms with E-state index in [1.54, 1.807) is 11.0 Å². The fraction of sp³-hybridized carbons (Fsp3) is 0.517. The van der Waals surface area contributed by atoms with E-state index in [0.29, 0.717) is 17.7 Å². The Bertz CT molecular complexity index is 1190. The number of piperidine rings is 1. The predicted molar refractivity (Wildman–Crippen MR) is 146 cm³/mol. The highest BCUT2D eigenvalue weighted by molar-refractivity contribution is 6.19. The van der Waals surface area contributed by atoms with E-state index in [-0.39, 0.29) is 36.3 Å². The van der Waals surface area contributed by atoms with Crippen molar-refractivity contribution in [2.45, 2.75) is 82.6 Å². The summed E-state index contributed by atoms with van der Waals surface area (Å²) >= 11 is 0. The van der Waals surface area contributed by atoms with Crippen molar-refractivity contribution >= 4 is 30.0 Å². The number of hydrogen-bond donors (Lipinski definition) is 1. The number of anilines is 1. The number of urea groups is 1. The number of amides is 2. The van der Waals surface area contributed by atoms with Gasteiger partial charge in [-0.1, -0.05) is 25.1 Å². The van der Waals surface area contributed by atoms with Crippen molar-refractivity contribution in [3.8, 4) is 5.75 Å². The number of aliphatic imine (C=N–C) groups is 1. The van der Waals surface area contributed by atoms with Crippen molar-refractivity contribution in [1.82, 2.24) is 10.2 Å². The van der Waals surface area contributed by atoms with Gasteiger partial charge < -0.3 is 4.74 Å². The van der Waals surface area contributed by atoms with Gasteiger partial charge in [0.25, 0.3) is 0 Å². The van der Waals surface area contributed by atoms with Crippen LogP contribution in [0, 0.1) is 11.7 Å². The SMILES string of the molecule is CC1CC2(CCN1Cc1cccc(O[C@@H]3C[C@@H]3C)c1)C(=NC1CCC1)NC(=O)N2c1cccc(F)c1.Cl. The van der Waals surface area contributed by atoms with Crippen LogP contribution in [0.1, 0.15) is 57.9 Å². The molecule has 8 heteroatoms. The van der Waals surface area contributed by atoms with E-state index in [2.05, 4.69) is 42.3 Å². The number of carbonyl (C=O) groups is 1. The molecule has 4 fully saturated rings. The number of nitrogens with one attached hydrogen (secondary N) is 1. The lowest BCUT2D eigenvalue weighted by Gasteiger charge is -2.47. The number of ether oxygens (including phenoxy) is 1. The zero-order valence-electron chi connectivity index (χ0n) is 21.5. The standard InChI is InChI=1S/C29H35FN4O2.ClH/c1-19-14-26(19)36-25-11-3-6-21(15-25)18-33-13-12-29(17-20(33)2)27(31-23-8-5-9-23)32-28(35)34(29)24-10-4-7-22(30)16-24;/h3-4,6-7,10-11,15-16,19-20,23,26H,5,8-9,12-14,17-18H2,1-2H3,(H,31,32,35);1H/t19-,20?,26+,29?;/m0./s1. The summed E-state index contributed by atoms with van der Waals surface area (Å²) in [5, 5.41) is 3.08. The minimum Gasteiger partial charge on any atom is -0.490 e. The Balaban J connectivity index is 0.00000280. The van der Waals surface area contributed by atoms with E-state index in [0.717, 1.165) is 56.8 Å². The van der Waals surface area contributed by atoms with Crippen LogP contribution in [0.3, 0.4) is 0 Å². The molecule has 2 saturated heterocycles. The highest BCUT2D eigenvalue weighted by Gasteiger charge is 2.54. The first-order valence-corrected chi connectivity index (χ1v) is 13.4. The lowest BCUT2D eigenvalue weighted by molar-refractivity contribution is 0.123. The summed E-state index contributed by atoms with van der Waals surface area (Å²) in [5.41, 5.74) is 1.24. The monoisotopic (exact) mass is 526 g/mol. The maximum Gasteiger partial charge on any atom is 0.328 e. The lowest BCUT2D eigenvalue weighted by atomic mass is 9.81. The molecule has 6 rings (SSSR count). The second kappa shape index (κ2) is 10.3. The summed E-state index contributed by atoms with van der Waals surface area (Å²) < 4.78 is 20.3. The lowest BCUT2D eigenvalue weighted by Crippen LogP contribution is -2.59. The second-order valence-corrected chi connectivity index (χ2v) is 11.1. The van der Waals surface area contributed by atoms with Gasteiger partial charge in [-0.2, -0.15) is 0 Å². The number of benzene rings is 2. The number of rotatable bonds is 6. The third kappa shape index (κ3) is 5.08. The molecule has 198 valence electrons. The fourth-order valence-corrected chi connectivity index (χ4v) is 5.90. The highest BCUT2D eigenvalue weighted by atomic mass is 35.5. The van der Waals surface area contributed by atoms with Crippen molar-refractivity contribution in [3.63, 3.8) is 0 Å². The molecule has 2 saturated carbocycles. The van der Waals surface area contributed by atoms with Gasteiger partial charge in [0, 0.05) is 24.8 Å². The van der Waals surface area contributed by atoms with E-state index in [1.807, 2.05) is 12.1 Å². The summed E-state index contributed by atoms with van der Waals surface area (Å²) in [6.07, 6.45) is 6.28. The Morgan fingerprint density at radius 1 is 1.16 bits per heavy atom. The van der Waals surface area contributed by atoms with Crippen LogP contribution in [-0.4, -0.2) is 47.0 Å². The van der Waals surface area contributed by atoms with Gasteiger partial charge in [0.15, 0.2) is 0 Å². The van der Waals surface area contributed by atoms with Gasteiger partial charge in [-0.3, -0.25) is 20.1 Å². The molecule has 2 aliphatic heterocycles. The summed E-state index contributed by atoms with van der Waals surface area (Å²) in [6, 6.07) is 15.1. The number of hydrogen-bond acceptors (Lipinski definition) is 4. The largest absolute Gasteiger partial charge is 0.490 e.